The molecule has 0 unspecified atom stereocenters. The number of aromatic carboxylic acids is 1. The third-order valence-electron chi connectivity index (χ3n) is 5.08. The molecule has 0 saturated heterocycles. The molecule has 0 saturated carbocycles. The van der Waals surface area contributed by atoms with E-state index < -0.39 is 5.97 Å². The van der Waals surface area contributed by atoms with Gasteiger partial charge in [0.25, 0.3) is 0 Å². The van der Waals surface area contributed by atoms with E-state index in [1.807, 2.05) is 48.0 Å². The van der Waals surface area contributed by atoms with Gasteiger partial charge >= 0.3 is 5.97 Å². The summed E-state index contributed by atoms with van der Waals surface area (Å²) in [7, 11) is 0. The largest absolute Gasteiger partial charge is 0.478 e. The lowest BCUT2D eigenvalue weighted by atomic mass is 9.98. The number of ketones is 1. The maximum atomic E-state index is 12.1. The van der Waals surface area contributed by atoms with E-state index in [0.29, 0.717) is 18.4 Å². The normalized spacial score (nSPS) is 10.9. The SMILES string of the molecule is CCCCCn1nc(C(=O)CC)nc1Cc1ccc(-c2ccccc2C(=O)O)cc1. The highest BCUT2D eigenvalue weighted by atomic mass is 16.4. The van der Waals surface area contributed by atoms with Crippen LogP contribution in [0.15, 0.2) is 48.5 Å². The van der Waals surface area contributed by atoms with Crippen LogP contribution in [0.2, 0.25) is 0 Å². The van der Waals surface area contributed by atoms with E-state index in [2.05, 4.69) is 17.0 Å². The highest BCUT2D eigenvalue weighted by Crippen LogP contribution is 2.24. The smallest absolute Gasteiger partial charge is 0.336 e. The van der Waals surface area contributed by atoms with Gasteiger partial charge in [-0.2, -0.15) is 0 Å². The predicted octanol–water partition coefficient (Wildman–Crippen LogP) is 5.02. The number of rotatable bonds is 10. The van der Waals surface area contributed by atoms with Gasteiger partial charge in [0.15, 0.2) is 0 Å². The Labute approximate surface area is 176 Å². The van der Waals surface area contributed by atoms with E-state index in [9.17, 15) is 14.7 Å². The lowest BCUT2D eigenvalue weighted by Gasteiger charge is -2.08. The molecule has 0 bridgehead atoms. The summed E-state index contributed by atoms with van der Waals surface area (Å²) in [5.74, 6) is 0.0756. The van der Waals surface area contributed by atoms with E-state index in [4.69, 9.17) is 0 Å². The minimum Gasteiger partial charge on any atom is -0.478 e. The first-order valence-corrected chi connectivity index (χ1v) is 10.4. The first kappa shape index (κ1) is 21.4. The van der Waals surface area contributed by atoms with Crippen molar-refractivity contribution in [1.29, 1.82) is 0 Å². The summed E-state index contributed by atoms with van der Waals surface area (Å²) in [6.07, 6.45) is 4.17. The molecule has 0 aliphatic heterocycles. The van der Waals surface area contributed by atoms with E-state index >= 15 is 0 Å². The van der Waals surface area contributed by atoms with Gasteiger partial charge < -0.3 is 5.11 Å². The second-order valence-corrected chi connectivity index (χ2v) is 7.28. The molecule has 0 aliphatic carbocycles. The zero-order valence-electron chi connectivity index (χ0n) is 17.5. The van der Waals surface area contributed by atoms with Gasteiger partial charge in [0.05, 0.1) is 5.56 Å². The number of hydrogen-bond donors (Lipinski definition) is 1. The molecule has 6 nitrogen and oxygen atoms in total. The number of carboxylic acids is 1. The van der Waals surface area contributed by atoms with Gasteiger partial charge in [-0.25, -0.2) is 14.5 Å². The Kier molecular flexibility index (Phi) is 7.12. The topological polar surface area (TPSA) is 85.1 Å². The fourth-order valence-corrected chi connectivity index (χ4v) is 3.38. The summed E-state index contributed by atoms with van der Waals surface area (Å²) in [6, 6.07) is 14.8. The number of nitrogens with zero attached hydrogens (tertiary/aromatic N) is 3. The van der Waals surface area contributed by atoms with Crippen LogP contribution >= 0.6 is 0 Å². The van der Waals surface area contributed by atoms with Crippen molar-refractivity contribution in [3.8, 4) is 11.1 Å². The van der Waals surface area contributed by atoms with Crippen LogP contribution < -0.4 is 0 Å². The Balaban J connectivity index is 1.83. The molecule has 6 heteroatoms. The summed E-state index contributed by atoms with van der Waals surface area (Å²) in [5, 5.41) is 13.9. The third-order valence-corrected chi connectivity index (χ3v) is 5.08. The Morgan fingerprint density at radius 3 is 2.40 bits per heavy atom. The highest BCUT2D eigenvalue weighted by molar-refractivity contribution is 5.96. The van der Waals surface area contributed by atoms with Crippen molar-refractivity contribution in [3.05, 3.63) is 71.3 Å². The Bertz CT molecular complexity index is 1020. The minimum atomic E-state index is -0.942. The lowest BCUT2D eigenvalue weighted by Crippen LogP contribution is -2.07. The summed E-state index contributed by atoms with van der Waals surface area (Å²) in [4.78, 5) is 28.0. The van der Waals surface area contributed by atoms with Gasteiger partial charge in [-0.05, 0) is 29.2 Å². The summed E-state index contributed by atoms with van der Waals surface area (Å²) in [6.45, 7) is 4.71. The van der Waals surface area contributed by atoms with Crippen LogP contribution in [0.5, 0.6) is 0 Å². The first-order chi connectivity index (χ1) is 14.5. The molecule has 0 fully saturated rings. The fraction of sp³-hybridized carbons (Fsp3) is 0.333. The molecular weight excluding hydrogens is 378 g/mol. The van der Waals surface area contributed by atoms with E-state index in [1.54, 1.807) is 12.1 Å². The Hall–Kier alpha value is -3.28. The molecule has 1 N–H and O–H groups in total. The third kappa shape index (κ3) is 5.00. The number of carbonyl (C=O) groups excluding carboxylic acids is 1. The maximum absolute atomic E-state index is 12.1. The first-order valence-electron chi connectivity index (χ1n) is 10.4. The number of carboxylic acid groups (broad SMARTS) is 1. The summed E-state index contributed by atoms with van der Waals surface area (Å²) in [5.41, 5.74) is 2.85. The molecule has 2 aromatic carbocycles. The van der Waals surface area contributed by atoms with Crippen molar-refractivity contribution in [2.24, 2.45) is 0 Å². The number of unbranched alkanes of at least 4 members (excludes halogenated alkanes) is 2. The molecule has 0 spiro atoms. The molecule has 0 aliphatic rings. The zero-order valence-corrected chi connectivity index (χ0v) is 17.5. The van der Waals surface area contributed by atoms with Crippen LogP contribution in [0.25, 0.3) is 11.1 Å². The molecule has 3 aromatic rings. The van der Waals surface area contributed by atoms with Gasteiger partial charge in [0.2, 0.25) is 11.6 Å². The van der Waals surface area contributed by atoms with Crippen molar-refractivity contribution in [2.75, 3.05) is 0 Å². The number of aryl methyl sites for hydroxylation is 1. The Morgan fingerprint density at radius 2 is 1.73 bits per heavy atom. The average molecular weight is 405 g/mol. The van der Waals surface area contributed by atoms with E-state index in [0.717, 1.165) is 42.8 Å². The molecule has 0 atom stereocenters. The number of benzene rings is 2. The number of hydrogen-bond acceptors (Lipinski definition) is 4. The fourth-order valence-electron chi connectivity index (χ4n) is 3.38. The molecule has 0 radical (unpaired) electrons. The highest BCUT2D eigenvalue weighted by Gasteiger charge is 2.16. The monoisotopic (exact) mass is 405 g/mol. The molecule has 3 rings (SSSR count). The average Bonchev–Trinajstić information content (AvgIpc) is 3.16. The van der Waals surface area contributed by atoms with E-state index in [-0.39, 0.29) is 17.2 Å². The molecule has 1 heterocycles. The minimum absolute atomic E-state index is 0.0499. The second kappa shape index (κ2) is 9.96. The van der Waals surface area contributed by atoms with Gasteiger partial charge in [0, 0.05) is 19.4 Å². The standard InChI is InChI=1S/C24H27N3O3/c1-3-5-8-15-27-22(25-23(26-27)21(28)4-2)16-17-11-13-18(14-12-17)19-9-6-7-10-20(19)24(29)30/h6-7,9-14H,3-5,8,15-16H2,1-2H3,(H,29,30). The molecule has 1 aromatic heterocycles. The zero-order chi connectivity index (χ0) is 21.5. The number of carbonyl (C=O) groups is 2. The number of Topliss-reactive ketones (excluding diaryl/α,β-unsaturated/α-hetero) is 1. The van der Waals surface area contributed by atoms with Crippen molar-refractivity contribution in [2.45, 2.75) is 52.5 Å². The van der Waals surface area contributed by atoms with Crippen LogP contribution in [-0.2, 0) is 13.0 Å². The van der Waals surface area contributed by atoms with Crippen LogP contribution in [0.1, 0.15) is 71.9 Å². The molecular formula is C24H27N3O3. The van der Waals surface area contributed by atoms with Crippen LogP contribution in [-0.4, -0.2) is 31.6 Å². The maximum Gasteiger partial charge on any atom is 0.336 e. The van der Waals surface area contributed by atoms with Crippen LogP contribution in [0.3, 0.4) is 0 Å². The quantitative estimate of drug-likeness (QED) is 0.378. The van der Waals surface area contributed by atoms with E-state index in [1.165, 1.54) is 0 Å². The van der Waals surface area contributed by atoms with Crippen molar-refractivity contribution in [3.63, 3.8) is 0 Å². The molecule has 156 valence electrons. The van der Waals surface area contributed by atoms with Gasteiger partial charge in [-0.3, -0.25) is 4.79 Å². The van der Waals surface area contributed by atoms with Crippen molar-refractivity contribution < 1.29 is 14.7 Å². The van der Waals surface area contributed by atoms with Crippen LogP contribution in [0.4, 0.5) is 0 Å². The van der Waals surface area contributed by atoms with Crippen LogP contribution in [0, 0.1) is 0 Å². The predicted molar refractivity (Wildman–Crippen MR) is 116 cm³/mol. The molecule has 30 heavy (non-hydrogen) atoms. The summed E-state index contributed by atoms with van der Waals surface area (Å²) < 4.78 is 1.85. The lowest BCUT2D eigenvalue weighted by molar-refractivity contribution is 0.0697. The van der Waals surface area contributed by atoms with Gasteiger partial charge in [-0.1, -0.05) is 69.2 Å². The Morgan fingerprint density at radius 1 is 1.00 bits per heavy atom. The van der Waals surface area contributed by atoms with Crippen molar-refractivity contribution in [1.82, 2.24) is 14.8 Å². The van der Waals surface area contributed by atoms with Gasteiger partial charge in [0.1, 0.15) is 5.82 Å². The summed E-state index contributed by atoms with van der Waals surface area (Å²) >= 11 is 0. The number of aromatic nitrogens is 3. The van der Waals surface area contributed by atoms with Crippen molar-refractivity contribution >= 4 is 11.8 Å². The van der Waals surface area contributed by atoms with Gasteiger partial charge in [-0.15, -0.1) is 5.10 Å². The second-order valence-electron chi connectivity index (χ2n) is 7.28. The molecule has 0 amide bonds.